The second-order valence-electron chi connectivity index (χ2n) is 12.3. The highest BCUT2D eigenvalue weighted by molar-refractivity contribution is 6.19. The number of anilines is 4. The van der Waals surface area contributed by atoms with E-state index in [-0.39, 0.29) is 5.69 Å². The molecule has 1 aliphatic rings. The molecule has 270 valence electrons. The number of nitrogen functional groups attached to an aromatic ring is 4. The maximum atomic E-state index is 12.1. The van der Waals surface area contributed by atoms with Gasteiger partial charge in [0.2, 0.25) is 0 Å². The normalized spacial score (nSPS) is 11.4. The number of nitro benzene ring substituents is 1. The number of non-ortho nitro benzene ring substituents is 1. The van der Waals surface area contributed by atoms with Crippen LogP contribution in [-0.4, -0.2) is 16.3 Å². The molecule has 0 amide bonds. The van der Waals surface area contributed by atoms with Crippen LogP contribution in [-0.2, 0) is 12.8 Å². The second kappa shape index (κ2) is 18.8. The van der Waals surface area contributed by atoms with E-state index in [1.807, 2.05) is 121 Å². The van der Waals surface area contributed by atoms with Gasteiger partial charge in [0.25, 0.3) is 5.69 Å². The van der Waals surface area contributed by atoms with E-state index >= 15 is 0 Å². The van der Waals surface area contributed by atoms with E-state index in [1.54, 1.807) is 0 Å². The molecule has 0 fully saturated rings. The summed E-state index contributed by atoms with van der Waals surface area (Å²) in [7, 11) is 0. The Balaban J connectivity index is 0.000000185. The number of hydrogen-bond donors (Lipinski definition) is 4. The van der Waals surface area contributed by atoms with Gasteiger partial charge in [-0.1, -0.05) is 48.5 Å². The summed E-state index contributed by atoms with van der Waals surface area (Å²) < 4.78 is 12.1. The van der Waals surface area contributed by atoms with Crippen LogP contribution < -0.4 is 22.9 Å². The zero-order valence-corrected chi connectivity index (χ0v) is 29.4. The summed E-state index contributed by atoms with van der Waals surface area (Å²) in [5, 5.41) is 10.00. The number of nitro groups is 1. The largest absolute Gasteiger partial charge is 0.399 e. The number of nitrogens with zero attached hydrogens (tertiary/aromatic N) is 3. The van der Waals surface area contributed by atoms with Gasteiger partial charge in [-0.05, 0) is 144 Å². The molecule has 0 saturated heterocycles. The maximum absolute atomic E-state index is 12.1. The molecule has 0 aromatic heterocycles. The predicted molar refractivity (Wildman–Crippen MR) is 221 cm³/mol. The van der Waals surface area contributed by atoms with E-state index in [4.69, 9.17) is 22.9 Å². The van der Waals surface area contributed by atoms with Crippen LogP contribution in [0.4, 0.5) is 44.2 Å². The molecule has 8 N–H and O–H groups in total. The van der Waals surface area contributed by atoms with Gasteiger partial charge in [0.1, 0.15) is 5.82 Å². The van der Waals surface area contributed by atoms with Crippen molar-refractivity contribution >= 4 is 51.2 Å². The molecule has 54 heavy (non-hydrogen) atoms. The topological polar surface area (TPSA) is 172 Å². The molecule has 1 aliphatic carbocycles. The van der Waals surface area contributed by atoms with Gasteiger partial charge >= 0.3 is 0 Å². The van der Waals surface area contributed by atoms with Crippen molar-refractivity contribution < 1.29 is 9.31 Å². The monoisotopic (exact) mass is 717 g/mol. The first-order valence-electron chi connectivity index (χ1n) is 17.0. The molecular weight excluding hydrogens is 678 g/mol. The number of benzene rings is 6. The quantitative estimate of drug-likeness (QED) is 0.0554. The molecule has 0 atom stereocenters. The summed E-state index contributed by atoms with van der Waals surface area (Å²) in [6.45, 7) is 0. The Labute approximate surface area is 313 Å². The van der Waals surface area contributed by atoms with Crippen molar-refractivity contribution in [3.8, 4) is 0 Å². The smallest absolute Gasteiger partial charge is 0.269 e. The summed E-state index contributed by atoms with van der Waals surface area (Å²) in [4.78, 5) is 18.7. The Hall–Kier alpha value is -7.33. The van der Waals surface area contributed by atoms with Gasteiger partial charge in [-0.15, -0.1) is 0 Å². The molecule has 6 aromatic carbocycles. The highest BCUT2D eigenvalue weighted by Gasteiger charge is 2.03. The summed E-state index contributed by atoms with van der Waals surface area (Å²) in [5.74, 6) is -0.467. The minimum absolute atomic E-state index is 0.0959. The number of hydrogen-bond acceptors (Lipinski definition) is 8. The number of rotatable bonds is 7. The Morgan fingerprint density at radius 2 is 0.722 bits per heavy atom. The lowest BCUT2D eigenvalue weighted by molar-refractivity contribution is -0.384. The van der Waals surface area contributed by atoms with E-state index in [0.29, 0.717) is 0 Å². The van der Waals surface area contributed by atoms with Gasteiger partial charge < -0.3 is 22.9 Å². The van der Waals surface area contributed by atoms with E-state index < -0.39 is 10.7 Å². The fraction of sp³-hybridized carbons (Fsp3) is 0.0455. The van der Waals surface area contributed by atoms with Crippen LogP contribution in [0, 0.1) is 15.9 Å². The Morgan fingerprint density at radius 1 is 0.444 bits per heavy atom. The fourth-order valence-corrected chi connectivity index (χ4v) is 5.08. The summed E-state index contributed by atoms with van der Waals surface area (Å²) in [5.41, 5.74) is 34.3. The van der Waals surface area contributed by atoms with Crippen molar-refractivity contribution in [2.24, 2.45) is 9.98 Å². The molecule has 0 radical (unpaired) electrons. The Kier molecular flexibility index (Phi) is 13.2. The van der Waals surface area contributed by atoms with Gasteiger partial charge in [-0.2, -0.15) is 0 Å². The van der Waals surface area contributed by atoms with Crippen LogP contribution in [0.5, 0.6) is 0 Å². The zero-order valence-electron chi connectivity index (χ0n) is 29.4. The molecule has 0 saturated carbocycles. The second-order valence-corrected chi connectivity index (χ2v) is 12.3. The molecule has 6 aromatic rings. The number of nitrogens with two attached hydrogens (primary N) is 4. The summed E-state index contributed by atoms with van der Waals surface area (Å²) >= 11 is 0. The molecule has 0 aliphatic heterocycles. The third-order valence-corrected chi connectivity index (χ3v) is 7.99. The SMILES string of the molecule is Nc1ccc(Cc2ccc(N)cc2)cc1.Nc1ccc(Cc2ccc(N=C3C=CC(=Nc4ccc(N)cc4)C=C3)cc2)cc1.O=[N+]([O-])c1ccc(F)cc1. The van der Waals surface area contributed by atoms with Crippen molar-refractivity contribution in [1.29, 1.82) is 0 Å². The minimum Gasteiger partial charge on any atom is -0.399 e. The van der Waals surface area contributed by atoms with Gasteiger partial charge in [0.05, 0.1) is 27.7 Å². The molecule has 9 nitrogen and oxygen atoms in total. The van der Waals surface area contributed by atoms with Crippen molar-refractivity contribution in [2.75, 3.05) is 22.9 Å². The third-order valence-electron chi connectivity index (χ3n) is 7.99. The fourth-order valence-electron chi connectivity index (χ4n) is 5.08. The molecule has 0 bridgehead atoms. The number of halogens is 1. The van der Waals surface area contributed by atoms with Crippen molar-refractivity contribution in [1.82, 2.24) is 0 Å². The van der Waals surface area contributed by atoms with E-state index in [1.165, 1.54) is 22.3 Å². The Morgan fingerprint density at radius 3 is 1.04 bits per heavy atom. The van der Waals surface area contributed by atoms with E-state index in [0.717, 1.165) is 82.7 Å². The molecule has 0 spiro atoms. The lowest BCUT2D eigenvalue weighted by Gasteiger charge is -2.05. The highest BCUT2D eigenvalue weighted by atomic mass is 19.1. The van der Waals surface area contributed by atoms with Crippen LogP contribution in [0.2, 0.25) is 0 Å². The number of aliphatic imine (C=N–C) groups is 2. The van der Waals surface area contributed by atoms with Gasteiger partial charge in [0.15, 0.2) is 0 Å². The molecule has 10 heteroatoms. The van der Waals surface area contributed by atoms with Crippen molar-refractivity contribution in [3.63, 3.8) is 0 Å². The van der Waals surface area contributed by atoms with Crippen LogP contribution in [0.15, 0.2) is 180 Å². The first-order chi connectivity index (χ1) is 26.1. The van der Waals surface area contributed by atoms with Crippen LogP contribution in [0.25, 0.3) is 0 Å². The first kappa shape index (κ1) is 37.9. The van der Waals surface area contributed by atoms with Crippen molar-refractivity contribution in [3.05, 3.63) is 208 Å². The predicted octanol–water partition coefficient (Wildman–Crippen LogP) is 9.59. The maximum Gasteiger partial charge on any atom is 0.269 e. The summed E-state index contributed by atoms with van der Waals surface area (Å²) in [6, 6.07) is 44.0. The molecule has 7 rings (SSSR count). The third kappa shape index (κ3) is 12.5. The van der Waals surface area contributed by atoms with Gasteiger partial charge in [-0.25, -0.2) is 14.4 Å². The summed E-state index contributed by atoms with van der Waals surface area (Å²) in [6.07, 6.45) is 9.66. The molecule has 0 heterocycles. The van der Waals surface area contributed by atoms with E-state index in [9.17, 15) is 14.5 Å². The average molecular weight is 718 g/mol. The first-order valence-corrected chi connectivity index (χ1v) is 17.0. The van der Waals surface area contributed by atoms with Crippen molar-refractivity contribution in [2.45, 2.75) is 12.8 Å². The highest BCUT2D eigenvalue weighted by Crippen LogP contribution is 2.20. The standard InChI is InChI=1S/C25H22N4.C13H14N2.C6H4FNO2/c26-20-5-1-18(2-6-20)17-19-3-9-22(10-4-19)28-24-13-15-25(16-14-24)29-23-11-7-21(27)8-12-23;14-12-5-1-10(2-6-12)9-11-3-7-13(15)8-4-11;7-5-1-3-6(4-2-5)8(9)10/h1-16H,17,26-27H2;1-8H,9,14-15H2;1-4H. The van der Waals surface area contributed by atoms with Crippen LogP contribution in [0.1, 0.15) is 22.3 Å². The van der Waals surface area contributed by atoms with Crippen LogP contribution in [0.3, 0.4) is 0 Å². The average Bonchev–Trinajstić information content (AvgIpc) is 3.18. The number of allylic oxidation sites excluding steroid dienone is 4. The van der Waals surface area contributed by atoms with Gasteiger partial charge in [-0.3, -0.25) is 10.1 Å². The zero-order chi connectivity index (χ0) is 38.3. The van der Waals surface area contributed by atoms with Crippen LogP contribution >= 0.6 is 0 Å². The lowest BCUT2D eigenvalue weighted by atomic mass is 10.0. The van der Waals surface area contributed by atoms with E-state index in [2.05, 4.69) is 34.3 Å². The molecular formula is C44H40FN7O2. The minimum atomic E-state index is -0.570. The molecule has 0 unspecified atom stereocenters. The Bertz CT molecular complexity index is 2190. The van der Waals surface area contributed by atoms with Gasteiger partial charge in [0, 0.05) is 34.9 Å². The lowest BCUT2D eigenvalue weighted by Crippen LogP contribution is -1.99.